The van der Waals surface area contributed by atoms with Crippen molar-refractivity contribution < 1.29 is 4.74 Å². The van der Waals surface area contributed by atoms with Crippen LogP contribution in [-0.4, -0.2) is 17.8 Å². The topological polar surface area (TPSA) is 70.3 Å². The van der Waals surface area contributed by atoms with Crippen LogP contribution in [0.25, 0.3) is 11.3 Å². The fourth-order valence-corrected chi connectivity index (χ4v) is 3.37. The number of anilines is 1. The van der Waals surface area contributed by atoms with Gasteiger partial charge >= 0.3 is 0 Å². The smallest absolute Gasteiger partial charge is 0.196 e. The molecule has 0 spiro atoms. The van der Waals surface area contributed by atoms with Crippen LogP contribution in [0.15, 0.2) is 52.9 Å². The van der Waals surface area contributed by atoms with Crippen molar-refractivity contribution in [3.05, 3.63) is 63.4 Å². The maximum atomic E-state index is 9.48. The number of nitriles is 1. The molecule has 0 atom stereocenters. The first-order valence-electron chi connectivity index (χ1n) is 8.27. The molecule has 0 fully saturated rings. The molecule has 1 aromatic heterocycles. The number of rotatable bonds is 6. The molecule has 1 heterocycles. The minimum absolute atomic E-state index is 0.193. The number of thiazole rings is 1. The first-order valence-corrected chi connectivity index (χ1v) is 9.53. The van der Waals surface area contributed by atoms with E-state index in [2.05, 4.69) is 40.6 Å². The number of ether oxygens (including phenoxy) is 1. The molecule has 7 heteroatoms. The van der Waals surface area contributed by atoms with Gasteiger partial charge in [-0.15, -0.1) is 11.3 Å². The molecule has 0 bridgehead atoms. The van der Waals surface area contributed by atoms with E-state index >= 15 is 0 Å². The second-order valence-corrected chi connectivity index (χ2v) is 6.91. The summed E-state index contributed by atoms with van der Waals surface area (Å²) < 4.78 is 5.27. The minimum Gasteiger partial charge on any atom is -0.495 e. The average molecular weight is 397 g/mol. The van der Waals surface area contributed by atoms with Gasteiger partial charge in [-0.25, -0.2) is 4.98 Å². The highest BCUT2D eigenvalue weighted by Gasteiger charge is 2.11. The molecule has 3 rings (SSSR count). The van der Waals surface area contributed by atoms with Crippen LogP contribution in [0, 0.1) is 11.3 Å². The van der Waals surface area contributed by atoms with E-state index < -0.39 is 0 Å². The standard InChI is InChI=1S/C20H17ClN4OS/c1-3-13-4-6-14(7-5-13)18-12-27-20(23-18)17(11-22)25-24-16-10-15(21)8-9-19(16)26-2/h4-10,12,24H,3H2,1-2H3. The molecular weight excluding hydrogens is 380 g/mol. The third-order valence-electron chi connectivity index (χ3n) is 3.92. The quantitative estimate of drug-likeness (QED) is 0.449. The predicted octanol–water partition coefficient (Wildman–Crippen LogP) is 5.37. The number of nitrogens with zero attached hydrogens (tertiary/aromatic N) is 3. The SMILES string of the molecule is CCc1ccc(-c2csc(C(C#N)=NNc3cc(Cl)ccc3OC)n2)cc1. The van der Waals surface area contributed by atoms with Gasteiger partial charge in [0.2, 0.25) is 0 Å². The van der Waals surface area contributed by atoms with E-state index in [1.165, 1.54) is 16.9 Å². The maximum Gasteiger partial charge on any atom is 0.196 e. The molecule has 136 valence electrons. The summed E-state index contributed by atoms with van der Waals surface area (Å²) in [5.74, 6) is 0.580. The van der Waals surface area contributed by atoms with E-state index in [0.717, 1.165) is 17.7 Å². The van der Waals surface area contributed by atoms with Gasteiger partial charge < -0.3 is 4.74 Å². The molecule has 2 aromatic carbocycles. The molecule has 0 amide bonds. The number of nitrogens with one attached hydrogen (secondary N) is 1. The number of hydrazone groups is 1. The molecule has 0 saturated heterocycles. The summed E-state index contributed by atoms with van der Waals surface area (Å²) in [4.78, 5) is 4.55. The number of aryl methyl sites for hydroxylation is 1. The van der Waals surface area contributed by atoms with Crippen LogP contribution in [0.1, 0.15) is 17.5 Å². The highest BCUT2D eigenvalue weighted by Crippen LogP contribution is 2.28. The number of halogens is 1. The molecule has 0 aliphatic heterocycles. The molecule has 5 nitrogen and oxygen atoms in total. The van der Waals surface area contributed by atoms with Crippen LogP contribution < -0.4 is 10.2 Å². The highest BCUT2D eigenvalue weighted by molar-refractivity contribution is 7.12. The maximum absolute atomic E-state index is 9.48. The lowest BCUT2D eigenvalue weighted by atomic mass is 10.1. The zero-order valence-electron chi connectivity index (χ0n) is 14.9. The van der Waals surface area contributed by atoms with Crippen molar-refractivity contribution >= 4 is 34.3 Å². The molecule has 0 saturated carbocycles. The third kappa shape index (κ3) is 4.45. The predicted molar refractivity (Wildman–Crippen MR) is 111 cm³/mol. The Balaban J connectivity index is 1.84. The second-order valence-electron chi connectivity index (χ2n) is 5.62. The third-order valence-corrected chi connectivity index (χ3v) is 5.00. The van der Waals surface area contributed by atoms with E-state index in [1.807, 2.05) is 17.5 Å². The Morgan fingerprint density at radius 1 is 1.30 bits per heavy atom. The van der Waals surface area contributed by atoms with Crippen molar-refractivity contribution in [1.29, 1.82) is 5.26 Å². The lowest BCUT2D eigenvalue weighted by Crippen LogP contribution is -2.02. The molecule has 1 N–H and O–H groups in total. The van der Waals surface area contributed by atoms with Crippen LogP contribution >= 0.6 is 22.9 Å². The summed E-state index contributed by atoms with van der Waals surface area (Å²) in [6, 6.07) is 15.5. The van der Waals surface area contributed by atoms with Crippen molar-refractivity contribution in [2.45, 2.75) is 13.3 Å². The fourth-order valence-electron chi connectivity index (χ4n) is 2.43. The van der Waals surface area contributed by atoms with Gasteiger partial charge in [0.05, 0.1) is 18.5 Å². The van der Waals surface area contributed by atoms with Crippen molar-refractivity contribution in [3.8, 4) is 23.1 Å². The molecule has 0 aliphatic rings. The first-order chi connectivity index (χ1) is 13.1. The van der Waals surface area contributed by atoms with Gasteiger partial charge in [0.15, 0.2) is 10.7 Å². The lowest BCUT2D eigenvalue weighted by molar-refractivity contribution is 0.416. The second kappa shape index (κ2) is 8.67. The van der Waals surface area contributed by atoms with Crippen molar-refractivity contribution in [3.63, 3.8) is 0 Å². The van der Waals surface area contributed by atoms with Gasteiger partial charge in [-0.05, 0) is 30.2 Å². The van der Waals surface area contributed by atoms with E-state index in [4.69, 9.17) is 16.3 Å². The van der Waals surface area contributed by atoms with Gasteiger partial charge in [0.25, 0.3) is 0 Å². The van der Waals surface area contributed by atoms with Gasteiger partial charge in [-0.3, -0.25) is 5.43 Å². The Morgan fingerprint density at radius 2 is 2.07 bits per heavy atom. The van der Waals surface area contributed by atoms with Gasteiger partial charge in [0.1, 0.15) is 11.8 Å². The van der Waals surface area contributed by atoms with Crippen molar-refractivity contribution in [2.24, 2.45) is 5.10 Å². The highest BCUT2D eigenvalue weighted by atomic mass is 35.5. The summed E-state index contributed by atoms with van der Waals surface area (Å²) in [5.41, 5.74) is 6.71. The monoisotopic (exact) mass is 396 g/mol. The molecular formula is C20H17ClN4OS. The number of hydrogen-bond acceptors (Lipinski definition) is 6. The van der Waals surface area contributed by atoms with E-state index in [1.54, 1.807) is 25.3 Å². The minimum atomic E-state index is 0.193. The fraction of sp³-hybridized carbons (Fsp3) is 0.150. The zero-order chi connectivity index (χ0) is 19.2. The summed E-state index contributed by atoms with van der Waals surface area (Å²) in [7, 11) is 1.56. The average Bonchev–Trinajstić information content (AvgIpc) is 3.19. The first kappa shape index (κ1) is 18.9. The Morgan fingerprint density at radius 3 is 2.74 bits per heavy atom. The largest absolute Gasteiger partial charge is 0.495 e. The van der Waals surface area contributed by atoms with Crippen molar-refractivity contribution in [1.82, 2.24) is 4.98 Å². The summed E-state index contributed by atoms with van der Waals surface area (Å²) in [6.45, 7) is 2.12. The van der Waals surface area contributed by atoms with Crippen LogP contribution in [0.3, 0.4) is 0 Å². The van der Waals surface area contributed by atoms with Gasteiger partial charge in [-0.1, -0.05) is 42.8 Å². The van der Waals surface area contributed by atoms with E-state index in [9.17, 15) is 5.26 Å². The Kier molecular flexibility index (Phi) is 6.07. The van der Waals surface area contributed by atoms with E-state index in [0.29, 0.717) is 21.5 Å². The number of hydrogen-bond donors (Lipinski definition) is 1. The van der Waals surface area contributed by atoms with Gasteiger partial charge in [0, 0.05) is 16.0 Å². The summed E-state index contributed by atoms with van der Waals surface area (Å²) in [6.07, 6.45) is 0.993. The number of methoxy groups -OCH3 is 1. The molecule has 0 aliphatic carbocycles. The summed E-state index contributed by atoms with van der Waals surface area (Å²) in [5, 5.41) is 16.7. The molecule has 27 heavy (non-hydrogen) atoms. The van der Waals surface area contributed by atoms with Crippen molar-refractivity contribution in [2.75, 3.05) is 12.5 Å². The number of benzene rings is 2. The summed E-state index contributed by atoms with van der Waals surface area (Å²) >= 11 is 7.39. The van der Waals surface area contributed by atoms with Gasteiger partial charge in [-0.2, -0.15) is 10.4 Å². The van der Waals surface area contributed by atoms with Crippen LogP contribution in [0.2, 0.25) is 5.02 Å². The lowest BCUT2D eigenvalue weighted by Gasteiger charge is -2.07. The van der Waals surface area contributed by atoms with Crippen LogP contribution in [0.4, 0.5) is 5.69 Å². The normalized spacial score (nSPS) is 11.1. The Bertz CT molecular complexity index is 1010. The molecule has 3 aromatic rings. The Hall–Kier alpha value is -2.88. The van der Waals surface area contributed by atoms with Crippen LogP contribution in [0.5, 0.6) is 5.75 Å². The molecule has 0 radical (unpaired) electrons. The van der Waals surface area contributed by atoms with E-state index in [-0.39, 0.29) is 5.71 Å². The number of aromatic nitrogens is 1. The zero-order valence-corrected chi connectivity index (χ0v) is 16.4. The molecule has 0 unspecified atom stereocenters. The Labute approximate surface area is 166 Å². The van der Waals surface area contributed by atoms with Crippen LogP contribution in [-0.2, 0) is 6.42 Å².